The lowest BCUT2D eigenvalue weighted by atomic mass is 10.1. The third kappa shape index (κ3) is 2.39. The number of alkyl halides is 4. The lowest BCUT2D eigenvalue weighted by Crippen LogP contribution is -2.11. The molecule has 0 aromatic heterocycles. The first kappa shape index (κ1) is 11.3. The van der Waals surface area contributed by atoms with Gasteiger partial charge in [-0.3, -0.25) is 5.84 Å². The van der Waals surface area contributed by atoms with Crippen LogP contribution in [0.25, 0.3) is 0 Å². The number of benzene rings is 1. The summed E-state index contributed by atoms with van der Waals surface area (Å²) < 4.78 is 36.8. The first-order valence-corrected chi connectivity index (χ1v) is 4.84. The van der Waals surface area contributed by atoms with E-state index in [2.05, 4.69) is 21.4 Å². The van der Waals surface area contributed by atoms with E-state index in [0.29, 0.717) is 10.9 Å². The molecule has 0 saturated heterocycles. The van der Waals surface area contributed by atoms with E-state index in [4.69, 9.17) is 5.84 Å². The van der Waals surface area contributed by atoms with Crippen LogP contribution in [0, 0.1) is 0 Å². The predicted octanol–water partition coefficient (Wildman–Crippen LogP) is 2.89. The Bertz CT molecular complexity index is 325. The van der Waals surface area contributed by atoms with Gasteiger partial charge in [-0.1, -0.05) is 22.0 Å². The Morgan fingerprint density at radius 3 is 2.43 bits per heavy atom. The van der Waals surface area contributed by atoms with Gasteiger partial charge in [-0.05, 0) is 17.7 Å². The van der Waals surface area contributed by atoms with Gasteiger partial charge in [0.15, 0.2) is 0 Å². The fourth-order valence-electron chi connectivity index (χ4n) is 1.00. The van der Waals surface area contributed by atoms with Crippen molar-refractivity contribution >= 4 is 21.6 Å². The van der Waals surface area contributed by atoms with Crippen molar-refractivity contribution in [1.29, 1.82) is 0 Å². The smallest absolute Gasteiger partial charge is 0.324 e. The van der Waals surface area contributed by atoms with Crippen LogP contribution in [0.4, 0.5) is 18.9 Å². The van der Waals surface area contributed by atoms with Crippen molar-refractivity contribution in [3.63, 3.8) is 0 Å². The van der Waals surface area contributed by atoms with Crippen LogP contribution in [0.15, 0.2) is 18.2 Å². The number of halogens is 4. The predicted molar refractivity (Wildman–Crippen MR) is 51.9 cm³/mol. The highest BCUT2D eigenvalue weighted by Crippen LogP contribution is 2.32. The van der Waals surface area contributed by atoms with Crippen LogP contribution < -0.4 is 11.3 Å². The van der Waals surface area contributed by atoms with E-state index < -0.39 is 11.7 Å². The molecule has 2 nitrogen and oxygen atoms in total. The largest absolute Gasteiger partial charge is 0.416 e. The van der Waals surface area contributed by atoms with Gasteiger partial charge in [0.1, 0.15) is 0 Å². The highest BCUT2D eigenvalue weighted by Gasteiger charge is 2.30. The van der Waals surface area contributed by atoms with Gasteiger partial charge in [0, 0.05) is 5.33 Å². The fourth-order valence-corrected chi connectivity index (χ4v) is 1.49. The monoisotopic (exact) mass is 268 g/mol. The summed E-state index contributed by atoms with van der Waals surface area (Å²) >= 11 is 3.15. The number of hydrogen-bond acceptors (Lipinski definition) is 2. The Morgan fingerprint density at radius 1 is 1.36 bits per heavy atom. The summed E-state index contributed by atoms with van der Waals surface area (Å²) in [6.45, 7) is 0. The molecule has 6 heteroatoms. The van der Waals surface area contributed by atoms with Crippen molar-refractivity contribution in [2.75, 3.05) is 5.43 Å². The Balaban J connectivity index is 3.14. The molecular formula is C8H8BrF3N2. The molecule has 0 fully saturated rings. The summed E-state index contributed by atoms with van der Waals surface area (Å²) in [4.78, 5) is 0. The molecule has 0 aliphatic heterocycles. The number of nitrogen functional groups attached to an aromatic ring is 1. The lowest BCUT2D eigenvalue weighted by Gasteiger charge is -2.11. The summed E-state index contributed by atoms with van der Waals surface area (Å²) in [7, 11) is 0. The van der Waals surface area contributed by atoms with Crippen molar-refractivity contribution in [1.82, 2.24) is 0 Å². The van der Waals surface area contributed by atoms with Crippen molar-refractivity contribution < 1.29 is 13.2 Å². The van der Waals surface area contributed by atoms with Gasteiger partial charge >= 0.3 is 6.18 Å². The van der Waals surface area contributed by atoms with E-state index >= 15 is 0 Å². The molecule has 14 heavy (non-hydrogen) atoms. The first-order chi connectivity index (χ1) is 6.49. The van der Waals surface area contributed by atoms with Gasteiger partial charge in [-0.25, -0.2) is 0 Å². The molecule has 0 aliphatic rings. The molecule has 1 rings (SSSR count). The zero-order valence-electron chi connectivity index (χ0n) is 7.03. The second kappa shape index (κ2) is 4.18. The number of rotatable bonds is 2. The molecular weight excluding hydrogens is 261 g/mol. The Kier molecular flexibility index (Phi) is 3.38. The summed E-state index contributed by atoms with van der Waals surface area (Å²) in [6, 6.07) is 3.39. The quantitative estimate of drug-likeness (QED) is 0.492. The van der Waals surface area contributed by atoms with Crippen LogP contribution in [-0.2, 0) is 11.5 Å². The van der Waals surface area contributed by atoms with E-state index in [1.807, 2.05) is 0 Å². The second-order valence-corrected chi connectivity index (χ2v) is 3.21. The molecule has 0 saturated carbocycles. The maximum absolute atomic E-state index is 12.3. The third-order valence-corrected chi connectivity index (χ3v) is 2.34. The minimum Gasteiger partial charge on any atom is -0.324 e. The summed E-state index contributed by atoms with van der Waals surface area (Å²) in [6.07, 6.45) is -4.34. The minimum atomic E-state index is -4.34. The van der Waals surface area contributed by atoms with Crippen LogP contribution in [0.2, 0.25) is 0 Å². The van der Waals surface area contributed by atoms with Gasteiger partial charge in [-0.15, -0.1) is 0 Å². The average Bonchev–Trinajstić information content (AvgIpc) is 2.15. The zero-order chi connectivity index (χ0) is 10.8. The van der Waals surface area contributed by atoms with Crippen LogP contribution in [0.1, 0.15) is 11.1 Å². The normalized spacial score (nSPS) is 11.5. The lowest BCUT2D eigenvalue weighted by molar-refractivity contribution is -0.137. The van der Waals surface area contributed by atoms with Crippen LogP contribution in [-0.4, -0.2) is 0 Å². The van der Waals surface area contributed by atoms with E-state index in [1.54, 1.807) is 0 Å². The first-order valence-electron chi connectivity index (χ1n) is 3.71. The maximum atomic E-state index is 12.3. The van der Waals surface area contributed by atoms with Crippen LogP contribution in [0.3, 0.4) is 0 Å². The molecule has 0 amide bonds. The van der Waals surface area contributed by atoms with Gasteiger partial charge in [0.25, 0.3) is 0 Å². The topological polar surface area (TPSA) is 38.0 Å². The summed E-state index contributed by atoms with van der Waals surface area (Å²) in [5, 5.41) is 0.449. The van der Waals surface area contributed by atoms with Crippen LogP contribution >= 0.6 is 15.9 Å². The minimum absolute atomic E-state index is 0.275. The van der Waals surface area contributed by atoms with Crippen molar-refractivity contribution in [2.45, 2.75) is 11.5 Å². The second-order valence-electron chi connectivity index (χ2n) is 2.65. The summed E-state index contributed by atoms with van der Waals surface area (Å²) in [5.74, 6) is 5.10. The van der Waals surface area contributed by atoms with Crippen molar-refractivity contribution in [3.8, 4) is 0 Å². The molecule has 0 bridgehead atoms. The molecule has 0 aliphatic carbocycles. The molecule has 0 heterocycles. The SMILES string of the molecule is NNc1cc(C(F)(F)F)ccc1CBr. The highest BCUT2D eigenvalue weighted by atomic mass is 79.9. The number of hydrazine groups is 1. The average molecular weight is 269 g/mol. The van der Waals surface area contributed by atoms with Gasteiger partial charge in [-0.2, -0.15) is 13.2 Å². The highest BCUT2D eigenvalue weighted by molar-refractivity contribution is 9.08. The molecule has 0 atom stereocenters. The van der Waals surface area contributed by atoms with Crippen molar-refractivity contribution in [3.05, 3.63) is 29.3 Å². The molecule has 1 aromatic carbocycles. The number of anilines is 1. The van der Waals surface area contributed by atoms with E-state index in [9.17, 15) is 13.2 Å². The summed E-state index contributed by atoms with van der Waals surface area (Å²) in [5.41, 5.74) is 2.47. The Labute approximate surface area is 87.4 Å². The van der Waals surface area contributed by atoms with E-state index in [1.165, 1.54) is 6.07 Å². The van der Waals surface area contributed by atoms with Gasteiger partial charge in [0.05, 0.1) is 11.3 Å². The molecule has 3 N–H and O–H groups in total. The zero-order valence-corrected chi connectivity index (χ0v) is 8.61. The van der Waals surface area contributed by atoms with Crippen LogP contribution in [0.5, 0.6) is 0 Å². The molecule has 78 valence electrons. The van der Waals surface area contributed by atoms with E-state index in [0.717, 1.165) is 12.1 Å². The van der Waals surface area contributed by atoms with Crippen molar-refractivity contribution in [2.24, 2.45) is 5.84 Å². The number of nitrogens with two attached hydrogens (primary N) is 1. The van der Waals surface area contributed by atoms with Gasteiger partial charge < -0.3 is 5.43 Å². The molecule has 1 aromatic rings. The maximum Gasteiger partial charge on any atom is 0.416 e. The number of nitrogens with one attached hydrogen (secondary N) is 1. The standard InChI is InChI=1S/C8H8BrF3N2/c9-4-5-1-2-6(8(10,11)12)3-7(5)14-13/h1-3,14H,4,13H2. The number of hydrogen-bond donors (Lipinski definition) is 2. The Hall–Kier alpha value is -0.750. The Morgan fingerprint density at radius 2 is 2.00 bits per heavy atom. The molecule has 0 spiro atoms. The fraction of sp³-hybridized carbons (Fsp3) is 0.250. The third-order valence-electron chi connectivity index (χ3n) is 1.74. The molecule has 0 unspecified atom stereocenters. The molecule has 0 radical (unpaired) electrons. The van der Waals surface area contributed by atoms with Gasteiger partial charge in [0.2, 0.25) is 0 Å². The van der Waals surface area contributed by atoms with E-state index in [-0.39, 0.29) is 5.69 Å².